The van der Waals surface area contributed by atoms with Gasteiger partial charge in [-0.05, 0) is 32.8 Å². The van der Waals surface area contributed by atoms with Gasteiger partial charge >= 0.3 is 0 Å². The fourth-order valence-corrected chi connectivity index (χ4v) is 4.78. The number of fused-ring (bicyclic) bond motifs is 1. The van der Waals surface area contributed by atoms with Gasteiger partial charge in [-0.25, -0.2) is 9.97 Å². The fraction of sp³-hybridized carbons (Fsp3) is 0.542. The van der Waals surface area contributed by atoms with Crippen LogP contribution in [0.1, 0.15) is 55.8 Å². The third-order valence-electron chi connectivity index (χ3n) is 6.09. The van der Waals surface area contributed by atoms with Crippen molar-refractivity contribution in [3.63, 3.8) is 0 Å². The van der Waals surface area contributed by atoms with E-state index in [0.29, 0.717) is 13.1 Å². The van der Waals surface area contributed by atoms with Crippen molar-refractivity contribution in [1.29, 1.82) is 0 Å². The van der Waals surface area contributed by atoms with E-state index in [9.17, 15) is 4.79 Å². The summed E-state index contributed by atoms with van der Waals surface area (Å²) in [7, 11) is 0. The summed E-state index contributed by atoms with van der Waals surface area (Å²) in [5, 5.41) is 0. The molecule has 3 heterocycles. The Morgan fingerprint density at radius 2 is 1.87 bits per heavy atom. The predicted molar refractivity (Wildman–Crippen MR) is 118 cm³/mol. The number of ether oxygens (including phenoxy) is 1. The monoisotopic (exact) mass is 408 g/mol. The molecule has 3 unspecified atom stereocenters. The highest BCUT2D eigenvalue weighted by Crippen LogP contribution is 2.31. The lowest BCUT2D eigenvalue weighted by Gasteiger charge is -2.39. The Morgan fingerprint density at radius 1 is 1.17 bits per heavy atom. The van der Waals surface area contributed by atoms with Crippen LogP contribution in [0.5, 0.6) is 0 Å². The van der Waals surface area contributed by atoms with E-state index in [-0.39, 0.29) is 24.0 Å². The van der Waals surface area contributed by atoms with Crippen LogP contribution in [0, 0.1) is 6.92 Å². The molecule has 2 aromatic rings. The van der Waals surface area contributed by atoms with Gasteiger partial charge in [-0.2, -0.15) is 0 Å². The van der Waals surface area contributed by atoms with E-state index in [1.165, 1.54) is 0 Å². The number of hydrogen-bond acceptors (Lipinski definition) is 5. The van der Waals surface area contributed by atoms with Gasteiger partial charge in [0.05, 0.1) is 30.4 Å². The molecule has 4 rings (SSSR count). The highest BCUT2D eigenvalue weighted by molar-refractivity contribution is 5.84. The molecule has 1 aromatic heterocycles. The number of benzene rings is 1. The summed E-state index contributed by atoms with van der Waals surface area (Å²) in [6.45, 7) is 11.1. The Bertz CT molecular complexity index is 892. The van der Waals surface area contributed by atoms with E-state index in [2.05, 4.69) is 37.8 Å². The molecule has 0 saturated carbocycles. The van der Waals surface area contributed by atoms with Gasteiger partial charge in [0.25, 0.3) is 0 Å². The van der Waals surface area contributed by atoms with Crippen molar-refractivity contribution in [3.8, 4) is 0 Å². The lowest BCUT2D eigenvalue weighted by Crippen LogP contribution is -2.47. The van der Waals surface area contributed by atoms with Crippen molar-refractivity contribution >= 4 is 11.7 Å². The number of nitrogens with zero attached hydrogens (tertiary/aromatic N) is 4. The molecule has 1 saturated heterocycles. The molecule has 3 atom stereocenters. The first-order valence-electron chi connectivity index (χ1n) is 11.1. The lowest BCUT2D eigenvalue weighted by molar-refractivity contribution is -0.133. The number of amides is 1. The highest BCUT2D eigenvalue weighted by Gasteiger charge is 2.32. The van der Waals surface area contributed by atoms with Gasteiger partial charge in [-0.3, -0.25) is 4.79 Å². The number of aromatic nitrogens is 2. The van der Waals surface area contributed by atoms with Gasteiger partial charge in [0, 0.05) is 31.6 Å². The summed E-state index contributed by atoms with van der Waals surface area (Å²) in [6.07, 6.45) is 1.88. The van der Waals surface area contributed by atoms with Crippen LogP contribution >= 0.6 is 0 Å². The topological polar surface area (TPSA) is 58.6 Å². The Balaban J connectivity index is 1.62. The first-order valence-corrected chi connectivity index (χ1v) is 11.1. The zero-order chi connectivity index (χ0) is 21.3. The van der Waals surface area contributed by atoms with E-state index in [4.69, 9.17) is 14.7 Å². The number of rotatable bonds is 4. The number of hydrogen-bond donors (Lipinski definition) is 0. The zero-order valence-electron chi connectivity index (χ0n) is 18.5. The molecule has 0 radical (unpaired) electrons. The molecule has 0 spiro atoms. The summed E-state index contributed by atoms with van der Waals surface area (Å²) in [5.41, 5.74) is 3.28. The summed E-state index contributed by atoms with van der Waals surface area (Å²) in [5.74, 6) is 1.87. The van der Waals surface area contributed by atoms with Crippen molar-refractivity contribution in [2.24, 2.45) is 0 Å². The first kappa shape index (κ1) is 20.8. The number of carbonyl (C=O) groups excluding carboxylic acids is 1. The largest absolute Gasteiger partial charge is 0.372 e. The molecule has 160 valence electrons. The summed E-state index contributed by atoms with van der Waals surface area (Å²) in [4.78, 5) is 27.3. The van der Waals surface area contributed by atoms with Crippen LogP contribution < -0.4 is 4.90 Å². The van der Waals surface area contributed by atoms with Crippen molar-refractivity contribution in [3.05, 3.63) is 53.0 Å². The molecule has 2 aliphatic rings. The maximum Gasteiger partial charge on any atom is 0.230 e. The Labute approximate surface area is 179 Å². The number of anilines is 1. The molecule has 0 N–H and O–H groups in total. The maximum atomic E-state index is 13.4. The van der Waals surface area contributed by atoms with E-state index >= 15 is 0 Å². The van der Waals surface area contributed by atoms with Gasteiger partial charge in [-0.15, -0.1) is 0 Å². The standard InChI is InChI=1S/C24H32N4O2/c1-5-20(19-9-7-6-8-10-19)24(29)27-12-11-22-21(15-27)23(26-18(4)25-22)28-13-16(2)30-17(3)14-28/h6-10,16-17,20H,5,11-15H2,1-4H3. The summed E-state index contributed by atoms with van der Waals surface area (Å²) in [6, 6.07) is 10.1. The maximum absolute atomic E-state index is 13.4. The van der Waals surface area contributed by atoms with Crippen molar-refractivity contribution < 1.29 is 9.53 Å². The van der Waals surface area contributed by atoms with Crippen LogP contribution in [-0.4, -0.2) is 52.6 Å². The fourth-order valence-electron chi connectivity index (χ4n) is 4.78. The number of aryl methyl sites for hydroxylation is 1. The average Bonchev–Trinajstić information content (AvgIpc) is 2.73. The molecule has 1 fully saturated rings. The smallest absolute Gasteiger partial charge is 0.230 e. The van der Waals surface area contributed by atoms with Crippen LogP contribution in [0.3, 0.4) is 0 Å². The Kier molecular flexibility index (Phi) is 6.04. The second-order valence-electron chi connectivity index (χ2n) is 8.56. The third-order valence-corrected chi connectivity index (χ3v) is 6.09. The second-order valence-corrected chi connectivity index (χ2v) is 8.56. The molecule has 2 aliphatic heterocycles. The molecule has 6 nitrogen and oxygen atoms in total. The van der Waals surface area contributed by atoms with E-state index < -0.39 is 0 Å². The Hall–Kier alpha value is -2.47. The van der Waals surface area contributed by atoms with Crippen molar-refractivity contribution in [1.82, 2.24) is 14.9 Å². The molecule has 1 amide bonds. The van der Waals surface area contributed by atoms with Crippen LogP contribution in [-0.2, 0) is 22.5 Å². The lowest BCUT2D eigenvalue weighted by atomic mass is 9.93. The molecule has 6 heteroatoms. The third kappa shape index (κ3) is 4.19. The molecule has 30 heavy (non-hydrogen) atoms. The minimum atomic E-state index is -0.106. The molecule has 0 bridgehead atoms. The van der Waals surface area contributed by atoms with E-state index in [1.54, 1.807) is 0 Å². The SMILES string of the molecule is CCC(C(=O)N1CCc2nc(C)nc(N3CC(C)OC(C)C3)c2C1)c1ccccc1. The summed E-state index contributed by atoms with van der Waals surface area (Å²) >= 11 is 0. The minimum absolute atomic E-state index is 0.106. The molecular weight excluding hydrogens is 376 g/mol. The van der Waals surface area contributed by atoms with Crippen LogP contribution in [0.15, 0.2) is 30.3 Å². The molecule has 1 aromatic carbocycles. The van der Waals surface area contributed by atoms with Gasteiger partial charge < -0.3 is 14.5 Å². The number of morpholine rings is 1. The normalized spacial score (nSPS) is 22.5. The average molecular weight is 409 g/mol. The van der Waals surface area contributed by atoms with Gasteiger partial charge in [0.15, 0.2) is 0 Å². The predicted octanol–water partition coefficient (Wildman–Crippen LogP) is 3.48. The minimum Gasteiger partial charge on any atom is -0.372 e. The van der Waals surface area contributed by atoms with E-state index in [0.717, 1.165) is 54.4 Å². The van der Waals surface area contributed by atoms with Gasteiger partial charge in [0.1, 0.15) is 11.6 Å². The van der Waals surface area contributed by atoms with Crippen LogP contribution in [0.25, 0.3) is 0 Å². The highest BCUT2D eigenvalue weighted by atomic mass is 16.5. The zero-order valence-corrected chi connectivity index (χ0v) is 18.5. The number of carbonyl (C=O) groups is 1. The van der Waals surface area contributed by atoms with E-state index in [1.807, 2.05) is 30.0 Å². The van der Waals surface area contributed by atoms with Gasteiger partial charge in [-0.1, -0.05) is 37.3 Å². The van der Waals surface area contributed by atoms with Crippen molar-refractivity contribution in [2.45, 2.75) is 65.2 Å². The van der Waals surface area contributed by atoms with Gasteiger partial charge in [0.2, 0.25) is 5.91 Å². The van der Waals surface area contributed by atoms with Crippen LogP contribution in [0.4, 0.5) is 5.82 Å². The molecular formula is C24H32N4O2. The molecule has 0 aliphatic carbocycles. The first-order chi connectivity index (χ1) is 14.5. The van der Waals surface area contributed by atoms with Crippen molar-refractivity contribution in [2.75, 3.05) is 24.5 Å². The summed E-state index contributed by atoms with van der Waals surface area (Å²) < 4.78 is 5.92. The Morgan fingerprint density at radius 3 is 2.53 bits per heavy atom. The quantitative estimate of drug-likeness (QED) is 0.775. The second kappa shape index (κ2) is 8.72. The van der Waals surface area contributed by atoms with Crippen LogP contribution in [0.2, 0.25) is 0 Å².